The second-order valence-corrected chi connectivity index (χ2v) is 8.15. The van der Waals surface area contributed by atoms with Crippen LogP contribution in [0.4, 0.5) is 13.2 Å². The summed E-state index contributed by atoms with van der Waals surface area (Å²) in [5.74, 6) is 0. The summed E-state index contributed by atoms with van der Waals surface area (Å²) < 4.78 is 41.5. The van der Waals surface area contributed by atoms with Gasteiger partial charge in [0.25, 0.3) is 0 Å². The number of pyridine rings is 1. The summed E-state index contributed by atoms with van der Waals surface area (Å²) in [6, 6.07) is 21.5. The summed E-state index contributed by atoms with van der Waals surface area (Å²) in [4.78, 5) is 4.49. The monoisotopic (exact) mass is 433 g/mol. The van der Waals surface area contributed by atoms with Crippen molar-refractivity contribution in [2.24, 2.45) is 0 Å². The molecular weight excluding hydrogens is 407 g/mol. The molecule has 0 aliphatic rings. The van der Waals surface area contributed by atoms with Crippen LogP contribution in [0.5, 0.6) is 0 Å². The Balaban J connectivity index is 1.73. The Kier molecular flexibility index (Phi) is 6.59. The van der Waals surface area contributed by atoms with E-state index in [4.69, 9.17) is 0 Å². The van der Waals surface area contributed by atoms with E-state index < -0.39 is 11.7 Å². The van der Waals surface area contributed by atoms with E-state index in [1.165, 1.54) is 31.4 Å². The van der Waals surface area contributed by atoms with Crippen LogP contribution in [-0.2, 0) is 12.6 Å². The number of halogens is 3. The molecule has 0 spiro atoms. The van der Waals surface area contributed by atoms with Crippen LogP contribution in [0.1, 0.15) is 43.7 Å². The Morgan fingerprint density at radius 2 is 1.53 bits per heavy atom. The molecular formula is C28H26F3N. The molecule has 0 N–H and O–H groups in total. The molecule has 1 heterocycles. The molecule has 0 amide bonds. The van der Waals surface area contributed by atoms with Crippen LogP contribution >= 0.6 is 0 Å². The number of hydrogen-bond donors (Lipinski definition) is 0. The van der Waals surface area contributed by atoms with Crippen molar-refractivity contribution in [2.45, 2.75) is 45.2 Å². The number of aromatic nitrogens is 1. The molecule has 4 heteroatoms. The predicted octanol–water partition coefficient (Wildman–Crippen LogP) is 8.71. The lowest BCUT2D eigenvalue weighted by Crippen LogP contribution is -2.07. The molecule has 0 saturated carbocycles. The fourth-order valence-corrected chi connectivity index (χ4v) is 4.13. The number of fused-ring (bicyclic) bond motifs is 1. The first kappa shape index (κ1) is 22.1. The largest absolute Gasteiger partial charge is 0.417 e. The van der Waals surface area contributed by atoms with Crippen LogP contribution in [0.15, 0.2) is 79.0 Å². The van der Waals surface area contributed by atoms with Gasteiger partial charge in [-0.1, -0.05) is 80.8 Å². The fraction of sp³-hybridized carbons (Fsp3) is 0.250. The van der Waals surface area contributed by atoms with Gasteiger partial charge in [0, 0.05) is 17.1 Å². The molecule has 0 atom stereocenters. The number of nitrogens with zero attached hydrogens (tertiary/aromatic N) is 1. The molecule has 32 heavy (non-hydrogen) atoms. The van der Waals surface area contributed by atoms with Gasteiger partial charge in [0.05, 0.1) is 11.3 Å². The summed E-state index contributed by atoms with van der Waals surface area (Å²) in [5.41, 5.74) is 2.64. The van der Waals surface area contributed by atoms with E-state index in [0.29, 0.717) is 16.8 Å². The standard InChI is InChI=1S/C28H26F3N/c1-2-3-4-5-8-20-11-13-22(14-12-20)25-19-23(15-16-26(25)28(29,30)31)27-24-10-7-6-9-21(24)17-18-32-27/h6-7,9-19H,2-5,8H2,1H3. The van der Waals surface area contributed by atoms with E-state index in [1.807, 2.05) is 42.5 Å². The number of benzene rings is 3. The lowest BCUT2D eigenvalue weighted by atomic mass is 9.93. The van der Waals surface area contributed by atoms with E-state index in [9.17, 15) is 13.2 Å². The van der Waals surface area contributed by atoms with Gasteiger partial charge in [-0.15, -0.1) is 0 Å². The van der Waals surface area contributed by atoms with Gasteiger partial charge in [-0.3, -0.25) is 4.98 Å². The summed E-state index contributed by atoms with van der Waals surface area (Å²) in [5, 5.41) is 1.93. The van der Waals surface area contributed by atoms with Crippen molar-refractivity contribution in [3.63, 3.8) is 0 Å². The van der Waals surface area contributed by atoms with Gasteiger partial charge < -0.3 is 0 Å². The lowest BCUT2D eigenvalue weighted by Gasteiger charge is -2.16. The van der Waals surface area contributed by atoms with E-state index in [-0.39, 0.29) is 5.56 Å². The number of alkyl halides is 3. The van der Waals surface area contributed by atoms with Crippen molar-refractivity contribution in [2.75, 3.05) is 0 Å². The van der Waals surface area contributed by atoms with Crippen molar-refractivity contribution >= 4 is 10.8 Å². The molecule has 4 aromatic rings. The van der Waals surface area contributed by atoms with Crippen LogP contribution in [0, 0.1) is 0 Å². The Hall–Kier alpha value is -3.14. The molecule has 0 radical (unpaired) electrons. The minimum Gasteiger partial charge on any atom is -0.256 e. The van der Waals surface area contributed by atoms with Crippen LogP contribution < -0.4 is 0 Å². The van der Waals surface area contributed by atoms with Crippen molar-refractivity contribution in [3.05, 3.63) is 90.1 Å². The average molecular weight is 434 g/mol. The maximum absolute atomic E-state index is 13.8. The average Bonchev–Trinajstić information content (AvgIpc) is 2.81. The van der Waals surface area contributed by atoms with Gasteiger partial charge in [0.1, 0.15) is 0 Å². The Morgan fingerprint density at radius 1 is 0.781 bits per heavy atom. The molecule has 4 rings (SSSR count). The zero-order chi connectivity index (χ0) is 22.6. The number of unbranched alkanes of at least 4 members (excludes halogenated alkanes) is 3. The maximum atomic E-state index is 13.8. The quantitative estimate of drug-likeness (QED) is 0.266. The summed E-state index contributed by atoms with van der Waals surface area (Å²) >= 11 is 0. The smallest absolute Gasteiger partial charge is 0.256 e. The highest BCUT2D eigenvalue weighted by molar-refractivity contribution is 5.95. The SMILES string of the molecule is CCCCCCc1ccc(-c2cc(-c3nccc4ccccc34)ccc2C(F)(F)F)cc1. The Morgan fingerprint density at radius 3 is 2.28 bits per heavy atom. The van der Waals surface area contributed by atoms with Crippen LogP contribution in [0.25, 0.3) is 33.2 Å². The zero-order valence-electron chi connectivity index (χ0n) is 18.1. The van der Waals surface area contributed by atoms with Crippen molar-refractivity contribution < 1.29 is 13.2 Å². The van der Waals surface area contributed by atoms with Crippen molar-refractivity contribution in [3.8, 4) is 22.4 Å². The number of hydrogen-bond acceptors (Lipinski definition) is 1. The van der Waals surface area contributed by atoms with Gasteiger partial charge >= 0.3 is 6.18 Å². The molecule has 0 aliphatic carbocycles. The fourth-order valence-electron chi connectivity index (χ4n) is 4.13. The van der Waals surface area contributed by atoms with E-state index in [1.54, 1.807) is 24.4 Å². The first-order valence-electron chi connectivity index (χ1n) is 11.1. The van der Waals surface area contributed by atoms with E-state index in [2.05, 4.69) is 11.9 Å². The van der Waals surface area contributed by atoms with Gasteiger partial charge in [0.2, 0.25) is 0 Å². The predicted molar refractivity (Wildman–Crippen MR) is 125 cm³/mol. The molecule has 0 unspecified atom stereocenters. The third-order valence-electron chi connectivity index (χ3n) is 5.86. The molecule has 0 saturated heterocycles. The third-order valence-corrected chi connectivity index (χ3v) is 5.86. The second kappa shape index (κ2) is 9.56. The Labute approximate surface area is 186 Å². The normalized spacial score (nSPS) is 11.8. The topological polar surface area (TPSA) is 12.9 Å². The van der Waals surface area contributed by atoms with Crippen molar-refractivity contribution in [1.82, 2.24) is 4.98 Å². The van der Waals surface area contributed by atoms with Gasteiger partial charge in [-0.05, 0) is 53.1 Å². The zero-order valence-corrected chi connectivity index (χ0v) is 18.1. The highest BCUT2D eigenvalue weighted by atomic mass is 19.4. The molecule has 0 bridgehead atoms. The van der Waals surface area contributed by atoms with Gasteiger partial charge in [-0.2, -0.15) is 13.2 Å². The minimum absolute atomic E-state index is 0.183. The number of aryl methyl sites for hydroxylation is 1. The van der Waals surface area contributed by atoms with Gasteiger partial charge in [-0.25, -0.2) is 0 Å². The number of rotatable bonds is 7. The minimum atomic E-state index is -4.43. The highest BCUT2D eigenvalue weighted by Crippen LogP contribution is 2.40. The Bertz CT molecular complexity index is 1190. The van der Waals surface area contributed by atoms with E-state index >= 15 is 0 Å². The molecule has 164 valence electrons. The van der Waals surface area contributed by atoms with Crippen LogP contribution in [0.3, 0.4) is 0 Å². The first-order chi connectivity index (χ1) is 15.5. The van der Waals surface area contributed by atoms with Gasteiger partial charge in [0.15, 0.2) is 0 Å². The van der Waals surface area contributed by atoms with Crippen LogP contribution in [0.2, 0.25) is 0 Å². The van der Waals surface area contributed by atoms with Crippen molar-refractivity contribution in [1.29, 1.82) is 0 Å². The lowest BCUT2D eigenvalue weighted by molar-refractivity contribution is -0.137. The van der Waals surface area contributed by atoms with Crippen LogP contribution in [-0.4, -0.2) is 4.98 Å². The highest BCUT2D eigenvalue weighted by Gasteiger charge is 2.34. The summed E-state index contributed by atoms with van der Waals surface area (Å²) in [7, 11) is 0. The second-order valence-electron chi connectivity index (χ2n) is 8.15. The molecule has 3 aromatic carbocycles. The molecule has 1 aromatic heterocycles. The summed E-state index contributed by atoms with van der Waals surface area (Å²) in [6.45, 7) is 2.18. The third kappa shape index (κ3) is 4.85. The molecule has 0 aliphatic heterocycles. The summed E-state index contributed by atoms with van der Waals surface area (Å²) in [6.07, 6.45) is 2.89. The first-order valence-corrected chi connectivity index (χ1v) is 11.1. The molecule has 1 nitrogen and oxygen atoms in total. The van der Waals surface area contributed by atoms with E-state index in [0.717, 1.165) is 29.2 Å². The maximum Gasteiger partial charge on any atom is 0.417 e. The molecule has 0 fully saturated rings.